The number of imidazole rings is 1. The minimum Gasteiger partial charge on any atom is -0.453 e. The van der Waals surface area contributed by atoms with E-state index in [0.29, 0.717) is 12.0 Å². The Labute approximate surface area is 218 Å². The molecule has 0 bridgehead atoms. The molecule has 1 aromatic heterocycles. The van der Waals surface area contributed by atoms with E-state index in [9.17, 15) is 4.79 Å². The van der Waals surface area contributed by atoms with Gasteiger partial charge in [-0.3, -0.25) is 5.32 Å². The first-order valence-corrected chi connectivity index (χ1v) is 13.3. The van der Waals surface area contributed by atoms with Crippen LogP contribution in [0.2, 0.25) is 0 Å². The summed E-state index contributed by atoms with van der Waals surface area (Å²) < 4.78 is 7.23. The Morgan fingerprint density at radius 1 is 1.00 bits per heavy atom. The lowest BCUT2D eigenvalue weighted by Gasteiger charge is -2.35. The predicted molar refractivity (Wildman–Crippen MR) is 148 cm³/mol. The zero-order valence-electron chi connectivity index (χ0n) is 21.6. The third-order valence-electron chi connectivity index (χ3n) is 7.97. The Balaban J connectivity index is 1.14. The normalized spacial score (nSPS) is 18.2. The van der Waals surface area contributed by atoms with Gasteiger partial charge < -0.3 is 14.2 Å². The SMILES string of the molecule is COC(=O)Nc1ccc2c(c1)C[C@H](CN1CCC(n3c(-c4ccccc4)nc4cc(C)ccc43)CC1)C2. The highest BCUT2D eigenvalue weighted by atomic mass is 16.5. The minimum atomic E-state index is -0.423. The highest BCUT2D eigenvalue weighted by molar-refractivity contribution is 5.84. The van der Waals surface area contributed by atoms with Crippen LogP contribution in [0.15, 0.2) is 66.7 Å². The summed E-state index contributed by atoms with van der Waals surface area (Å²) in [7, 11) is 1.39. The van der Waals surface area contributed by atoms with Crippen LogP contribution in [-0.2, 0) is 17.6 Å². The molecule has 1 aliphatic carbocycles. The number of likely N-dealkylation sites (tertiary alicyclic amines) is 1. The number of aryl methyl sites for hydroxylation is 1. The van der Waals surface area contributed by atoms with Gasteiger partial charge in [0.05, 0.1) is 18.1 Å². The Kier molecular flexibility index (Phi) is 6.43. The molecule has 1 aliphatic heterocycles. The number of piperidine rings is 1. The van der Waals surface area contributed by atoms with Gasteiger partial charge in [-0.1, -0.05) is 42.5 Å². The Hall–Kier alpha value is -3.64. The molecule has 6 nitrogen and oxygen atoms in total. The summed E-state index contributed by atoms with van der Waals surface area (Å²) in [5.41, 5.74) is 8.32. The monoisotopic (exact) mass is 494 g/mol. The molecule has 6 heteroatoms. The molecule has 0 saturated carbocycles. The predicted octanol–water partition coefficient (Wildman–Crippen LogP) is 6.24. The Morgan fingerprint density at radius 2 is 1.78 bits per heavy atom. The molecule has 1 saturated heterocycles. The average molecular weight is 495 g/mol. The number of nitrogens with zero attached hydrogens (tertiary/aromatic N) is 3. The first-order chi connectivity index (χ1) is 18.1. The molecule has 3 aromatic carbocycles. The summed E-state index contributed by atoms with van der Waals surface area (Å²) in [6, 6.07) is 23.9. The summed E-state index contributed by atoms with van der Waals surface area (Å²) in [6.45, 7) is 5.46. The van der Waals surface area contributed by atoms with Gasteiger partial charge in [0.15, 0.2) is 0 Å². The zero-order chi connectivity index (χ0) is 25.4. The second kappa shape index (κ2) is 10.0. The maximum atomic E-state index is 11.6. The highest BCUT2D eigenvalue weighted by Gasteiger charge is 2.29. The van der Waals surface area contributed by atoms with Crippen LogP contribution in [0.5, 0.6) is 0 Å². The molecule has 190 valence electrons. The largest absolute Gasteiger partial charge is 0.453 e. The molecule has 6 rings (SSSR count). The molecule has 2 heterocycles. The molecule has 0 spiro atoms. The Morgan fingerprint density at radius 3 is 2.57 bits per heavy atom. The smallest absolute Gasteiger partial charge is 0.411 e. The van der Waals surface area contributed by atoms with Crippen LogP contribution < -0.4 is 5.32 Å². The van der Waals surface area contributed by atoms with E-state index in [4.69, 9.17) is 9.72 Å². The van der Waals surface area contributed by atoms with Gasteiger partial charge in [0.25, 0.3) is 0 Å². The lowest BCUT2D eigenvalue weighted by molar-refractivity contribution is 0.166. The van der Waals surface area contributed by atoms with Crippen LogP contribution >= 0.6 is 0 Å². The number of nitrogens with one attached hydrogen (secondary N) is 1. The molecule has 1 N–H and O–H groups in total. The van der Waals surface area contributed by atoms with E-state index in [1.54, 1.807) is 0 Å². The molecule has 0 radical (unpaired) electrons. The number of aromatic nitrogens is 2. The van der Waals surface area contributed by atoms with E-state index in [-0.39, 0.29) is 0 Å². The van der Waals surface area contributed by atoms with Crippen molar-refractivity contribution in [1.29, 1.82) is 0 Å². The lowest BCUT2D eigenvalue weighted by atomic mass is 10.00. The van der Waals surface area contributed by atoms with Crippen molar-refractivity contribution in [3.63, 3.8) is 0 Å². The minimum absolute atomic E-state index is 0.423. The number of fused-ring (bicyclic) bond motifs is 2. The van der Waals surface area contributed by atoms with Crippen molar-refractivity contribution >= 4 is 22.8 Å². The number of benzene rings is 3. The number of anilines is 1. The van der Waals surface area contributed by atoms with Crippen LogP contribution in [0.4, 0.5) is 10.5 Å². The molecule has 0 unspecified atom stereocenters. The number of methoxy groups -OCH3 is 1. The Bertz CT molecular complexity index is 1420. The molecule has 1 fully saturated rings. The van der Waals surface area contributed by atoms with E-state index in [2.05, 4.69) is 82.4 Å². The number of ether oxygens (including phenoxy) is 1. The van der Waals surface area contributed by atoms with E-state index < -0.39 is 6.09 Å². The number of carbonyl (C=O) groups excluding carboxylic acids is 1. The van der Waals surface area contributed by atoms with Crippen LogP contribution in [0.1, 0.15) is 35.6 Å². The quantitative estimate of drug-likeness (QED) is 0.357. The van der Waals surface area contributed by atoms with Crippen molar-refractivity contribution < 1.29 is 9.53 Å². The zero-order valence-corrected chi connectivity index (χ0v) is 21.6. The summed E-state index contributed by atoms with van der Waals surface area (Å²) >= 11 is 0. The molecule has 37 heavy (non-hydrogen) atoms. The number of carbonyl (C=O) groups is 1. The van der Waals surface area contributed by atoms with Gasteiger partial charge in [-0.25, -0.2) is 9.78 Å². The summed E-state index contributed by atoms with van der Waals surface area (Å²) in [5.74, 6) is 1.71. The molecular formula is C31H34N4O2. The molecule has 4 aromatic rings. The van der Waals surface area contributed by atoms with Gasteiger partial charge >= 0.3 is 6.09 Å². The average Bonchev–Trinajstić information content (AvgIpc) is 3.49. The van der Waals surface area contributed by atoms with Gasteiger partial charge in [-0.15, -0.1) is 0 Å². The van der Waals surface area contributed by atoms with E-state index in [1.807, 2.05) is 6.07 Å². The fraction of sp³-hybridized carbons (Fsp3) is 0.355. The maximum Gasteiger partial charge on any atom is 0.411 e. The molecule has 1 amide bonds. The third kappa shape index (κ3) is 4.86. The van der Waals surface area contributed by atoms with Crippen molar-refractivity contribution in [3.8, 4) is 11.4 Å². The van der Waals surface area contributed by atoms with Gasteiger partial charge in [-0.05, 0) is 79.5 Å². The van der Waals surface area contributed by atoms with E-state index in [0.717, 1.165) is 62.3 Å². The van der Waals surface area contributed by atoms with Crippen molar-refractivity contribution in [1.82, 2.24) is 14.5 Å². The van der Waals surface area contributed by atoms with Crippen LogP contribution in [0.3, 0.4) is 0 Å². The number of hydrogen-bond acceptors (Lipinski definition) is 4. The molecule has 2 aliphatic rings. The van der Waals surface area contributed by atoms with Crippen molar-refractivity contribution in [2.24, 2.45) is 5.92 Å². The van der Waals surface area contributed by atoms with E-state index in [1.165, 1.54) is 34.9 Å². The standard InChI is InChI=1S/C31H34N4O2/c1-21-8-11-29-28(16-21)33-30(23-6-4-3-5-7-23)35(29)27-12-14-34(15-13-27)20-22-17-24-9-10-26(19-25(24)18-22)32-31(36)37-2/h3-11,16,19,22,27H,12-15,17-18,20H2,1-2H3,(H,32,36)/t22-/m1/s1. The second-order valence-corrected chi connectivity index (χ2v) is 10.6. The second-order valence-electron chi connectivity index (χ2n) is 10.6. The number of rotatable bonds is 5. The van der Waals surface area contributed by atoms with E-state index >= 15 is 0 Å². The maximum absolute atomic E-state index is 11.6. The topological polar surface area (TPSA) is 59.4 Å². The van der Waals surface area contributed by atoms with Crippen molar-refractivity contribution in [3.05, 3.63) is 83.4 Å². The van der Waals surface area contributed by atoms with Gasteiger partial charge in [-0.2, -0.15) is 0 Å². The first-order valence-electron chi connectivity index (χ1n) is 13.3. The van der Waals surface area contributed by atoms with Crippen LogP contribution in [-0.4, -0.2) is 47.3 Å². The number of hydrogen-bond donors (Lipinski definition) is 1. The lowest BCUT2D eigenvalue weighted by Crippen LogP contribution is -2.38. The number of amides is 1. The van der Waals surface area contributed by atoms with Crippen molar-refractivity contribution in [2.45, 2.75) is 38.6 Å². The summed E-state index contributed by atoms with van der Waals surface area (Å²) in [4.78, 5) is 19.3. The fourth-order valence-electron chi connectivity index (χ4n) is 6.18. The van der Waals surface area contributed by atoms with Gasteiger partial charge in [0.2, 0.25) is 0 Å². The first kappa shape index (κ1) is 23.7. The van der Waals surface area contributed by atoms with Gasteiger partial charge in [0, 0.05) is 36.9 Å². The van der Waals surface area contributed by atoms with Crippen LogP contribution in [0, 0.1) is 12.8 Å². The molecule has 1 atom stereocenters. The summed E-state index contributed by atoms with van der Waals surface area (Å²) in [6.07, 6.45) is 4.01. The molecular weight excluding hydrogens is 460 g/mol. The summed E-state index contributed by atoms with van der Waals surface area (Å²) in [5, 5.41) is 2.79. The van der Waals surface area contributed by atoms with Crippen LogP contribution in [0.25, 0.3) is 22.4 Å². The van der Waals surface area contributed by atoms with Crippen molar-refractivity contribution in [2.75, 3.05) is 32.1 Å². The highest BCUT2D eigenvalue weighted by Crippen LogP contribution is 2.35. The van der Waals surface area contributed by atoms with Gasteiger partial charge in [0.1, 0.15) is 5.82 Å². The third-order valence-corrected chi connectivity index (χ3v) is 7.97. The fourth-order valence-corrected chi connectivity index (χ4v) is 6.18.